The van der Waals surface area contributed by atoms with E-state index in [1.54, 1.807) is 0 Å². The second-order valence-electron chi connectivity index (χ2n) is 3.62. The Balaban J connectivity index is 1.99. The van der Waals surface area contributed by atoms with E-state index in [0.717, 1.165) is 16.5 Å². The fraction of sp³-hybridized carbons (Fsp3) is 0.750. The van der Waals surface area contributed by atoms with Gasteiger partial charge in [0.15, 0.2) is 3.95 Å². The van der Waals surface area contributed by atoms with Gasteiger partial charge in [-0.15, -0.1) is 0 Å². The van der Waals surface area contributed by atoms with E-state index in [4.69, 9.17) is 12.2 Å². The van der Waals surface area contributed by atoms with E-state index in [0.29, 0.717) is 0 Å². The predicted octanol–water partition coefficient (Wildman–Crippen LogP) is 1.97. The van der Waals surface area contributed by atoms with Gasteiger partial charge in [-0.05, 0) is 24.6 Å². The number of hydrogen-bond acceptors (Lipinski definition) is 4. The molecule has 1 unspecified atom stereocenters. The Kier molecular flexibility index (Phi) is 2.76. The molecular formula is C8H13N3S2. The maximum Gasteiger partial charge on any atom is 0.180 e. The summed E-state index contributed by atoms with van der Waals surface area (Å²) in [5.41, 5.74) is 1.81. The molecule has 1 aliphatic heterocycles. The fourth-order valence-corrected chi connectivity index (χ4v) is 2.38. The van der Waals surface area contributed by atoms with Gasteiger partial charge in [-0.25, -0.2) is 4.68 Å². The Hall–Kier alpha value is -0.260. The maximum absolute atomic E-state index is 5.14. The molecule has 1 aliphatic rings. The van der Waals surface area contributed by atoms with Crippen molar-refractivity contribution in [1.29, 1.82) is 0 Å². The molecule has 13 heavy (non-hydrogen) atoms. The molecule has 0 bridgehead atoms. The third kappa shape index (κ3) is 2.15. The van der Waals surface area contributed by atoms with Crippen LogP contribution < -0.4 is 0 Å². The Labute approximate surface area is 87.0 Å². The van der Waals surface area contributed by atoms with E-state index in [-0.39, 0.29) is 0 Å². The number of nitrogens with zero attached hydrogens (tertiary/aromatic N) is 3. The van der Waals surface area contributed by atoms with Crippen LogP contribution in [0, 0.1) is 9.87 Å². The minimum atomic E-state index is 0.827. The van der Waals surface area contributed by atoms with Gasteiger partial charge in [-0.3, -0.25) is 4.90 Å². The van der Waals surface area contributed by atoms with E-state index in [2.05, 4.69) is 16.9 Å². The number of likely N-dealkylation sites (tertiary alicyclic amines) is 1. The van der Waals surface area contributed by atoms with Crippen molar-refractivity contribution in [2.75, 3.05) is 13.1 Å². The molecule has 0 amide bonds. The molecule has 2 heterocycles. The molecule has 2 rings (SSSR count). The molecule has 0 aliphatic carbocycles. The second-order valence-corrected chi connectivity index (χ2v) is 5.09. The van der Waals surface area contributed by atoms with Crippen molar-refractivity contribution in [2.45, 2.75) is 20.0 Å². The first-order valence-corrected chi connectivity index (χ1v) is 5.77. The minimum Gasteiger partial charge on any atom is -0.284 e. The van der Waals surface area contributed by atoms with Crippen molar-refractivity contribution in [3.63, 3.8) is 0 Å². The zero-order valence-corrected chi connectivity index (χ0v) is 9.27. The lowest BCUT2D eigenvalue weighted by molar-refractivity contribution is 0.247. The molecule has 1 saturated heterocycles. The average molecular weight is 215 g/mol. The minimum absolute atomic E-state index is 0.827. The van der Waals surface area contributed by atoms with Crippen molar-refractivity contribution in [3.05, 3.63) is 9.46 Å². The average Bonchev–Trinajstić information content (AvgIpc) is 2.64. The van der Waals surface area contributed by atoms with Crippen molar-refractivity contribution in [1.82, 2.24) is 14.7 Å². The first-order chi connectivity index (χ1) is 6.25. The predicted molar refractivity (Wildman–Crippen MR) is 56.3 cm³/mol. The highest BCUT2D eigenvalue weighted by Crippen LogP contribution is 2.15. The van der Waals surface area contributed by atoms with Crippen LogP contribution in [0.2, 0.25) is 0 Å². The number of rotatable bonds is 2. The van der Waals surface area contributed by atoms with Crippen LogP contribution in [-0.4, -0.2) is 27.8 Å². The van der Waals surface area contributed by atoms with Crippen molar-refractivity contribution in [2.24, 2.45) is 5.92 Å². The summed E-state index contributed by atoms with van der Waals surface area (Å²) >= 11 is 6.67. The Bertz CT molecular complexity index is 330. The van der Waals surface area contributed by atoms with Gasteiger partial charge < -0.3 is 0 Å². The van der Waals surface area contributed by atoms with E-state index >= 15 is 0 Å². The molecule has 1 atom stereocenters. The van der Waals surface area contributed by atoms with Crippen LogP contribution in [-0.2, 0) is 6.67 Å². The highest BCUT2D eigenvalue weighted by Gasteiger charge is 2.18. The van der Waals surface area contributed by atoms with Gasteiger partial charge in [0.05, 0.1) is 6.67 Å². The monoisotopic (exact) mass is 215 g/mol. The number of aromatic nitrogens is 2. The third-order valence-electron chi connectivity index (χ3n) is 2.39. The molecule has 5 heteroatoms. The summed E-state index contributed by atoms with van der Waals surface area (Å²) < 4.78 is 2.78. The van der Waals surface area contributed by atoms with Crippen LogP contribution in [0.25, 0.3) is 0 Å². The summed E-state index contributed by atoms with van der Waals surface area (Å²) in [6, 6.07) is 0. The van der Waals surface area contributed by atoms with Gasteiger partial charge in [0.2, 0.25) is 0 Å². The maximum atomic E-state index is 5.14. The molecule has 1 aromatic heterocycles. The zero-order chi connectivity index (χ0) is 9.26. The summed E-state index contributed by atoms with van der Waals surface area (Å²) in [7, 11) is 0. The molecule has 3 nitrogen and oxygen atoms in total. The largest absolute Gasteiger partial charge is 0.284 e. The summed E-state index contributed by atoms with van der Waals surface area (Å²) in [4.78, 5) is 2.40. The van der Waals surface area contributed by atoms with Crippen LogP contribution in [0.3, 0.4) is 0 Å². The Morgan fingerprint density at radius 1 is 1.77 bits per heavy atom. The van der Waals surface area contributed by atoms with E-state index in [9.17, 15) is 0 Å². The molecule has 72 valence electrons. The smallest absolute Gasteiger partial charge is 0.180 e. The molecular weight excluding hydrogens is 202 g/mol. The molecule has 0 spiro atoms. The summed E-state index contributed by atoms with van der Waals surface area (Å²) in [6.45, 7) is 5.52. The normalized spacial score (nSPS) is 23.9. The molecule has 1 fully saturated rings. The lowest BCUT2D eigenvalue weighted by Gasteiger charge is -2.14. The van der Waals surface area contributed by atoms with Gasteiger partial charge in [0.1, 0.15) is 5.51 Å². The number of hydrogen-bond donors (Lipinski definition) is 0. The molecule has 0 N–H and O–H groups in total. The van der Waals surface area contributed by atoms with Crippen molar-refractivity contribution >= 4 is 23.6 Å². The molecule has 0 aromatic carbocycles. The highest BCUT2D eigenvalue weighted by atomic mass is 32.1. The van der Waals surface area contributed by atoms with E-state index in [1.807, 2.05) is 10.2 Å². The lowest BCUT2D eigenvalue weighted by atomic mass is 10.2. The molecule has 0 radical (unpaired) electrons. The second kappa shape index (κ2) is 3.86. The van der Waals surface area contributed by atoms with Crippen LogP contribution in [0.4, 0.5) is 0 Å². The van der Waals surface area contributed by atoms with Crippen molar-refractivity contribution < 1.29 is 0 Å². The molecule has 0 saturated carbocycles. The fourth-order valence-electron chi connectivity index (χ4n) is 1.67. The van der Waals surface area contributed by atoms with Gasteiger partial charge in [-0.1, -0.05) is 18.3 Å². The Morgan fingerprint density at radius 2 is 2.62 bits per heavy atom. The van der Waals surface area contributed by atoms with Crippen molar-refractivity contribution in [3.8, 4) is 0 Å². The topological polar surface area (TPSA) is 21.1 Å². The summed E-state index contributed by atoms with van der Waals surface area (Å²) in [5.74, 6) is 0.827. The van der Waals surface area contributed by atoms with Gasteiger partial charge in [0.25, 0.3) is 0 Å². The van der Waals surface area contributed by atoms with Crippen LogP contribution >= 0.6 is 23.6 Å². The SMILES string of the molecule is CC1CCN(Cn2ncsc2=S)C1. The summed E-state index contributed by atoms with van der Waals surface area (Å²) in [6.07, 6.45) is 1.30. The summed E-state index contributed by atoms with van der Waals surface area (Å²) in [5, 5.41) is 4.19. The first-order valence-electron chi connectivity index (χ1n) is 4.48. The quantitative estimate of drug-likeness (QED) is 0.704. The van der Waals surface area contributed by atoms with Gasteiger partial charge in [-0.2, -0.15) is 5.10 Å². The van der Waals surface area contributed by atoms with Crippen LogP contribution in [0.5, 0.6) is 0 Å². The third-order valence-corrected chi connectivity index (χ3v) is 3.50. The van der Waals surface area contributed by atoms with Crippen LogP contribution in [0.1, 0.15) is 13.3 Å². The van der Waals surface area contributed by atoms with Gasteiger partial charge >= 0.3 is 0 Å². The van der Waals surface area contributed by atoms with E-state index < -0.39 is 0 Å². The van der Waals surface area contributed by atoms with Crippen LogP contribution in [0.15, 0.2) is 5.51 Å². The first kappa shape index (κ1) is 9.30. The standard InChI is InChI=1S/C8H13N3S2/c1-7-2-3-10(4-7)6-11-8(12)13-5-9-11/h5,7H,2-4,6H2,1H3. The lowest BCUT2D eigenvalue weighted by Crippen LogP contribution is -2.24. The van der Waals surface area contributed by atoms with E-state index in [1.165, 1.54) is 30.8 Å². The highest BCUT2D eigenvalue weighted by molar-refractivity contribution is 7.73. The zero-order valence-electron chi connectivity index (χ0n) is 7.64. The molecule has 1 aromatic rings. The Morgan fingerprint density at radius 3 is 3.15 bits per heavy atom. The van der Waals surface area contributed by atoms with Gasteiger partial charge in [0, 0.05) is 13.1 Å².